The number of sulfonamides is 1. The van der Waals surface area contributed by atoms with Gasteiger partial charge in [0.15, 0.2) is 5.65 Å². The Bertz CT molecular complexity index is 1220. The van der Waals surface area contributed by atoms with Gasteiger partial charge in [-0.3, -0.25) is 9.40 Å². The highest BCUT2D eigenvalue weighted by Crippen LogP contribution is 2.28. The first-order valence-electron chi connectivity index (χ1n) is 8.55. The molecule has 4 rings (SSSR count). The first-order valence-corrected chi connectivity index (χ1v) is 10.2. The van der Waals surface area contributed by atoms with Crippen LogP contribution in [0.15, 0.2) is 67.1 Å². The molecule has 0 radical (unpaired) electrons. The first-order chi connectivity index (χ1) is 13.5. The van der Waals surface area contributed by atoms with Gasteiger partial charge in [0.05, 0.1) is 28.7 Å². The molecule has 0 saturated carbocycles. The Morgan fingerprint density at radius 2 is 1.68 bits per heavy atom. The van der Waals surface area contributed by atoms with Crippen molar-refractivity contribution < 1.29 is 8.42 Å². The van der Waals surface area contributed by atoms with Crippen LogP contribution in [0.2, 0.25) is 0 Å². The van der Waals surface area contributed by atoms with Gasteiger partial charge in [-0.05, 0) is 17.7 Å². The first kappa shape index (κ1) is 17.9. The van der Waals surface area contributed by atoms with E-state index in [0.29, 0.717) is 28.4 Å². The van der Waals surface area contributed by atoms with Crippen LogP contribution in [0.3, 0.4) is 0 Å². The van der Waals surface area contributed by atoms with Crippen molar-refractivity contribution in [2.24, 2.45) is 7.05 Å². The monoisotopic (exact) mass is 394 g/mol. The minimum absolute atomic E-state index is 0.109. The Hall–Kier alpha value is -3.46. The van der Waals surface area contributed by atoms with Gasteiger partial charge in [0.1, 0.15) is 12.1 Å². The zero-order valence-electron chi connectivity index (χ0n) is 15.1. The van der Waals surface area contributed by atoms with E-state index in [2.05, 4.69) is 25.1 Å². The molecule has 0 bridgehead atoms. The van der Waals surface area contributed by atoms with Crippen molar-refractivity contribution in [1.29, 1.82) is 0 Å². The molecule has 0 aliphatic carbocycles. The third-order valence-electron chi connectivity index (χ3n) is 4.17. The van der Waals surface area contributed by atoms with E-state index < -0.39 is 10.0 Å². The number of hydrogen-bond donors (Lipinski definition) is 2. The molecule has 0 amide bonds. The van der Waals surface area contributed by atoms with E-state index >= 15 is 0 Å². The van der Waals surface area contributed by atoms with Gasteiger partial charge in [0.25, 0.3) is 0 Å². The zero-order chi connectivity index (χ0) is 19.6. The summed E-state index contributed by atoms with van der Waals surface area (Å²) in [5.74, 6) is 0.440. The van der Waals surface area contributed by atoms with Gasteiger partial charge in [-0.25, -0.2) is 18.4 Å². The van der Waals surface area contributed by atoms with E-state index in [-0.39, 0.29) is 5.75 Å². The van der Waals surface area contributed by atoms with Crippen LogP contribution in [0.4, 0.5) is 17.2 Å². The summed E-state index contributed by atoms with van der Waals surface area (Å²) in [6, 6.07) is 16.1. The summed E-state index contributed by atoms with van der Waals surface area (Å²) in [6.45, 7) is 0. The Balaban J connectivity index is 1.62. The molecular weight excluding hydrogens is 376 g/mol. The van der Waals surface area contributed by atoms with E-state index in [1.54, 1.807) is 48.3 Å². The van der Waals surface area contributed by atoms with Crippen LogP contribution >= 0.6 is 0 Å². The van der Waals surface area contributed by atoms with Crippen LogP contribution in [0, 0.1) is 0 Å². The van der Waals surface area contributed by atoms with Crippen molar-refractivity contribution >= 4 is 38.2 Å². The summed E-state index contributed by atoms with van der Waals surface area (Å²) in [5, 5.41) is 8.12. The summed E-state index contributed by atoms with van der Waals surface area (Å²) in [7, 11) is -1.78. The molecule has 2 heterocycles. The highest BCUT2D eigenvalue weighted by atomic mass is 32.2. The van der Waals surface area contributed by atoms with Gasteiger partial charge in [-0.2, -0.15) is 5.10 Å². The lowest BCUT2D eigenvalue weighted by Crippen LogP contribution is -2.16. The third-order valence-corrected chi connectivity index (χ3v) is 5.42. The summed E-state index contributed by atoms with van der Waals surface area (Å²) < 4.78 is 29.5. The molecule has 0 aliphatic rings. The number of para-hydroxylation sites is 2. The lowest BCUT2D eigenvalue weighted by molar-refractivity contribution is 0.600. The van der Waals surface area contributed by atoms with Crippen molar-refractivity contribution in [3.63, 3.8) is 0 Å². The van der Waals surface area contributed by atoms with Crippen LogP contribution in [0.1, 0.15) is 5.56 Å². The SMILES string of the molecule is Cn1ncc2c(Nc3ccccc3NS(=O)(=O)Cc3ccccc3)ncnc21. The fourth-order valence-corrected chi connectivity index (χ4v) is 4.08. The maximum Gasteiger partial charge on any atom is 0.236 e. The Labute approximate surface area is 162 Å². The summed E-state index contributed by atoms with van der Waals surface area (Å²) in [6.07, 6.45) is 3.11. The van der Waals surface area contributed by atoms with Gasteiger partial charge in [0.2, 0.25) is 10.0 Å². The molecule has 0 fully saturated rings. The van der Waals surface area contributed by atoms with E-state index in [9.17, 15) is 8.42 Å². The lowest BCUT2D eigenvalue weighted by Gasteiger charge is -2.14. The Morgan fingerprint density at radius 3 is 2.46 bits per heavy atom. The predicted molar refractivity (Wildman–Crippen MR) is 109 cm³/mol. The van der Waals surface area contributed by atoms with Crippen molar-refractivity contribution in [1.82, 2.24) is 19.7 Å². The number of aromatic nitrogens is 4. The van der Waals surface area contributed by atoms with E-state index in [0.717, 1.165) is 5.39 Å². The van der Waals surface area contributed by atoms with Gasteiger partial charge in [-0.15, -0.1) is 0 Å². The Kier molecular flexibility index (Phi) is 4.66. The van der Waals surface area contributed by atoms with Crippen LogP contribution in [0.25, 0.3) is 11.0 Å². The molecule has 4 aromatic rings. The van der Waals surface area contributed by atoms with Crippen molar-refractivity contribution in [3.05, 3.63) is 72.7 Å². The van der Waals surface area contributed by atoms with Crippen molar-refractivity contribution in [2.45, 2.75) is 5.75 Å². The number of hydrogen-bond acceptors (Lipinski definition) is 6. The number of anilines is 3. The van der Waals surface area contributed by atoms with E-state index in [4.69, 9.17) is 0 Å². The second-order valence-electron chi connectivity index (χ2n) is 6.25. The molecule has 0 atom stereocenters. The topological polar surface area (TPSA) is 102 Å². The largest absolute Gasteiger partial charge is 0.338 e. The second kappa shape index (κ2) is 7.28. The normalized spacial score (nSPS) is 11.5. The highest BCUT2D eigenvalue weighted by molar-refractivity contribution is 7.91. The number of benzene rings is 2. The van der Waals surface area contributed by atoms with Crippen LogP contribution in [-0.2, 0) is 22.8 Å². The molecule has 28 heavy (non-hydrogen) atoms. The summed E-state index contributed by atoms with van der Waals surface area (Å²) >= 11 is 0. The lowest BCUT2D eigenvalue weighted by atomic mass is 10.2. The number of nitrogens with one attached hydrogen (secondary N) is 2. The maximum absolute atomic E-state index is 12.6. The fraction of sp³-hybridized carbons (Fsp3) is 0.105. The number of fused-ring (bicyclic) bond motifs is 1. The van der Waals surface area contributed by atoms with Crippen LogP contribution < -0.4 is 10.0 Å². The maximum atomic E-state index is 12.6. The molecule has 2 aromatic carbocycles. The molecule has 2 N–H and O–H groups in total. The average Bonchev–Trinajstić information content (AvgIpc) is 3.06. The average molecular weight is 394 g/mol. The van der Waals surface area contributed by atoms with Gasteiger partial charge in [0, 0.05) is 7.05 Å². The third kappa shape index (κ3) is 3.79. The fourth-order valence-electron chi connectivity index (χ4n) is 2.87. The van der Waals surface area contributed by atoms with Gasteiger partial charge < -0.3 is 5.32 Å². The number of nitrogens with zero attached hydrogens (tertiary/aromatic N) is 4. The molecular formula is C19H18N6O2S. The Morgan fingerprint density at radius 1 is 0.964 bits per heavy atom. The molecule has 2 aromatic heterocycles. The summed E-state index contributed by atoms with van der Waals surface area (Å²) in [5.41, 5.74) is 2.42. The minimum atomic E-state index is -3.58. The molecule has 0 unspecified atom stereocenters. The molecule has 0 saturated heterocycles. The summed E-state index contributed by atoms with van der Waals surface area (Å²) in [4.78, 5) is 8.48. The smallest absolute Gasteiger partial charge is 0.236 e. The van der Waals surface area contributed by atoms with Gasteiger partial charge in [-0.1, -0.05) is 42.5 Å². The number of rotatable bonds is 6. The second-order valence-corrected chi connectivity index (χ2v) is 7.97. The van der Waals surface area contributed by atoms with E-state index in [1.165, 1.54) is 6.33 Å². The highest BCUT2D eigenvalue weighted by Gasteiger charge is 2.15. The molecule has 0 aliphatic heterocycles. The minimum Gasteiger partial charge on any atom is -0.338 e. The van der Waals surface area contributed by atoms with Crippen LogP contribution in [-0.4, -0.2) is 28.2 Å². The molecule has 142 valence electrons. The predicted octanol–water partition coefficient (Wildman–Crippen LogP) is 3.05. The zero-order valence-corrected chi connectivity index (χ0v) is 15.9. The van der Waals surface area contributed by atoms with Crippen molar-refractivity contribution in [3.8, 4) is 0 Å². The standard InChI is InChI=1S/C19H18N6O2S/c1-25-19-15(11-22-25)18(20-13-21-19)23-16-9-5-6-10-17(16)24-28(26,27)12-14-7-3-2-4-8-14/h2-11,13,24H,12H2,1H3,(H,20,21,23). The van der Waals surface area contributed by atoms with Gasteiger partial charge >= 0.3 is 0 Å². The molecule has 9 heteroatoms. The van der Waals surface area contributed by atoms with E-state index in [1.807, 2.05) is 24.3 Å². The molecule has 8 nitrogen and oxygen atoms in total. The quantitative estimate of drug-likeness (QED) is 0.521. The number of aryl methyl sites for hydroxylation is 1. The molecule has 0 spiro atoms. The van der Waals surface area contributed by atoms with Crippen LogP contribution in [0.5, 0.6) is 0 Å². The van der Waals surface area contributed by atoms with Crippen molar-refractivity contribution in [2.75, 3.05) is 10.0 Å².